The number of nitrogens with one attached hydrogen (secondary N) is 1. The lowest BCUT2D eigenvalue weighted by Gasteiger charge is -1.89. The molecule has 2 aromatic heterocycles. The summed E-state index contributed by atoms with van der Waals surface area (Å²) in [5, 5.41) is 9.64. The minimum Gasteiger partial charge on any atom is -0.390 e. The topological polar surface area (TPSA) is 67.6 Å². The average Bonchev–Trinajstić information content (AvgIpc) is 2.71. The van der Waals surface area contributed by atoms with Gasteiger partial charge in [-0.3, -0.25) is 5.10 Å². The summed E-state index contributed by atoms with van der Waals surface area (Å²) >= 11 is 1.50. The predicted octanol–water partition coefficient (Wildman–Crippen LogP) is 1.68. The Morgan fingerprint density at radius 3 is 3.00 bits per heavy atom. The van der Waals surface area contributed by atoms with Crippen LogP contribution in [-0.2, 0) is 6.42 Å². The van der Waals surface area contributed by atoms with Gasteiger partial charge in [-0.1, -0.05) is 6.92 Å². The van der Waals surface area contributed by atoms with Crippen LogP contribution < -0.4 is 5.73 Å². The Hall–Kier alpha value is -1.36. The fourth-order valence-electron chi connectivity index (χ4n) is 1.08. The van der Waals surface area contributed by atoms with E-state index in [1.807, 2.05) is 18.4 Å². The Labute approximate surface area is 79.8 Å². The summed E-state index contributed by atoms with van der Waals surface area (Å²) in [5.41, 5.74) is 6.67. The van der Waals surface area contributed by atoms with Crippen LogP contribution in [0.5, 0.6) is 0 Å². The Morgan fingerprint density at radius 1 is 1.62 bits per heavy atom. The minimum absolute atomic E-state index is 0.690. The first-order chi connectivity index (χ1) is 6.31. The van der Waals surface area contributed by atoms with Crippen molar-refractivity contribution in [1.82, 2.24) is 15.2 Å². The summed E-state index contributed by atoms with van der Waals surface area (Å²) in [6.45, 7) is 2.03. The largest absolute Gasteiger partial charge is 0.390 e. The molecule has 0 saturated heterocycles. The van der Waals surface area contributed by atoms with Crippen LogP contribution in [0.1, 0.15) is 12.7 Å². The highest BCUT2D eigenvalue weighted by Gasteiger charge is 2.08. The van der Waals surface area contributed by atoms with Crippen LogP contribution in [-0.4, -0.2) is 15.2 Å². The van der Waals surface area contributed by atoms with Crippen molar-refractivity contribution in [1.29, 1.82) is 0 Å². The van der Waals surface area contributed by atoms with E-state index in [1.54, 1.807) is 0 Å². The van der Waals surface area contributed by atoms with Gasteiger partial charge in [-0.2, -0.15) is 5.10 Å². The van der Waals surface area contributed by atoms with E-state index in [9.17, 15) is 0 Å². The van der Waals surface area contributed by atoms with Crippen LogP contribution in [0.15, 0.2) is 11.4 Å². The van der Waals surface area contributed by atoms with Gasteiger partial charge in [0.25, 0.3) is 0 Å². The first kappa shape index (κ1) is 8.25. The first-order valence-electron chi connectivity index (χ1n) is 4.06. The van der Waals surface area contributed by atoms with Gasteiger partial charge in [0.1, 0.15) is 5.82 Å². The summed E-state index contributed by atoms with van der Waals surface area (Å²) in [4.78, 5) is 4.29. The highest BCUT2D eigenvalue weighted by atomic mass is 32.1. The molecule has 0 aliphatic heterocycles. The van der Waals surface area contributed by atoms with Gasteiger partial charge in [0, 0.05) is 6.42 Å². The monoisotopic (exact) mass is 194 g/mol. The highest BCUT2D eigenvalue weighted by Crippen LogP contribution is 2.27. The molecule has 0 amide bonds. The lowest BCUT2D eigenvalue weighted by molar-refractivity contribution is 0.946. The molecule has 2 rings (SSSR count). The zero-order valence-electron chi connectivity index (χ0n) is 7.24. The van der Waals surface area contributed by atoms with E-state index in [0.29, 0.717) is 5.82 Å². The summed E-state index contributed by atoms with van der Waals surface area (Å²) < 4.78 is 0. The average molecular weight is 194 g/mol. The van der Waals surface area contributed by atoms with Gasteiger partial charge in [0.2, 0.25) is 0 Å². The fraction of sp³-hybridized carbons (Fsp3) is 0.250. The van der Waals surface area contributed by atoms with E-state index in [1.165, 1.54) is 11.3 Å². The molecule has 0 aliphatic rings. The number of aromatic nitrogens is 3. The van der Waals surface area contributed by atoms with E-state index < -0.39 is 0 Å². The fourth-order valence-corrected chi connectivity index (χ4v) is 1.72. The Kier molecular flexibility index (Phi) is 2.02. The molecule has 0 spiro atoms. The van der Waals surface area contributed by atoms with Gasteiger partial charge in [0.15, 0.2) is 5.82 Å². The zero-order chi connectivity index (χ0) is 9.26. The van der Waals surface area contributed by atoms with Gasteiger partial charge in [-0.05, 0) is 11.4 Å². The first-order valence-corrected chi connectivity index (χ1v) is 4.94. The van der Waals surface area contributed by atoms with Gasteiger partial charge in [-0.25, -0.2) is 4.98 Å². The number of nitrogen functional groups attached to an aromatic ring is 1. The van der Waals surface area contributed by atoms with Crippen molar-refractivity contribution in [2.75, 3.05) is 5.73 Å². The number of thiophene rings is 1. The smallest absolute Gasteiger partial charge is 0.184 e. The standard InChI is InChI=1S/C8H10N4S/c1-2-6-10-8(12-11-6)5-3-4-13-7(5)9/h3-4H,2,9H2,1H3,(H,10,11,12). The maximum Gasteiger partial charge on any atom is 0.184 e. The third-order valence-electron chi connectivity index (χ3n) is 1.80. The molecule has 0 radical (unpaired) electrons. The second-order valence-corrected chi connectivity index (χ2v) is 3.61. The third kappa shape index (κ3) is 1.42. The number of aryl methyl sites for hydroxylation is 1. The molecule has 0 unspecified atom stereocenters. The van der Waals surface area contributed by atoms with Crippen molar-refractivity contribution in [3.63, 3.8) is 0 Å². The molecular formula is C8H10N4S. The Bertz CT molecular complexity index is 404. The van der Waals surface area contributed by atoms with Crippen molar-refractivity contribution in [2.45, 2.75) is 13.3 Å². The summed E-state index contributed by atoms with van der Waals surface area (Å²) in [5.74, 6) is 1.58. The van der Waals surface area contributed by atoms with E-state index in [-0.39, 0.29) is 0 Å². The number of anilines is 1. The van der Waals surface area contributed by atoms with Gasteiger partial charge < -0.3 is 5.73 Å². The number of H-pyrrole nitrogens is 1. The van der Waals surface area contributed by atoms with Crippen LogP contribution in [0.25, 0.3) is 11.4 Å². The quantitative estimate of drug-likeness (QED) is 0.764. The third-order valence-corrected chi connectivity index (χ3v) is 2.55. The molecule has 2 aromatic rings. The zero-order valence-corrected chi connectivity index (χ0v) is 8.06. The molecule has 5 heteroatoms. The Balaban J connectivity index is 2.41. The second kappa shape index (κ2) is 3.18. The molecule has 0 saturated carbocycles. The SMILES string of the molecule is CCc1nc(-c2ccsc2N)n[nH]1. The number of nitrogens with zero attached hydrogens (tertiary/aromatic N) is 2. The van der Waals surface area contributed by atoms with Crippen LogP contribution in [0.2, 0.25) is 0 Å². The maximum atomic E-state index is 5.75. The van der Waals surface area contributed by atoms with Crippen LogP contribution in [0.4, 0.5) is 5.00 Å². The number of nitrogens with two attached hydrogens (primary N) is 1. The molecule has 13 heavy (non-hydrogen) atoms. The normalized spacial score (nSPS) is 10.5. The van der Waals surface area contributed by atoms with E-state index in [0.717, 1.165) is 22.8 Å². The van der Waals surface area contributed by atoms with Crippen LogP contribution in [0.3, 0.4) is 0 Å². The van der Waals surface area contributed by atoms with Crippen LogP contribution >= 0.6 is 11.3 Å². The number of hydrogen-bond donors (Lipinski definition) is 2. The summed E-state index contributed by atoms with van der Waals surface area (Å²) in [6, 6.07) is 1.93. The molecule has 2 heterocycles. The van der Waals surface area contributed by atoms with E-state index in [2.05, 4.69) is 15.2 Å². The lowest BCUT2D eigenvalue weighted by atomic mass is 10.3. The van der Waals surface area contributed by atoms with Crippen LogP contribution in [0, 0.1) is 0 Å². The molecule has 0 atom stereocenters. The molecule has 0 fully saturated rings. The minimum atomic E-state index is 0.690. The predicted molar refractivity (Wildman–Crippen MR) is 53.5 cm³/mol. The summed E-state index contributed by atoms with van der Waals surface area (Å²) in [6.07, 6.45) is 0.858. The number of hydrogen-bond acceptors (Lipinski definition) is 4. The van der Waals surface area contributed by atoms with Gasteiger partial charge >= 0.3 is 0 Å². The molecule has 0 aliphatic carbocycles. The van der Waals surface area contributed by atoms with Gasteiger partial charge in [-0.15, -0.1) is 11.3 Å². The Morgan fingerprint density at radius 2 is 2.46 bits per heavy atom. The number of rotatable bonds is 2. The molecule has 0 bridgehead atoms. The maximum absolute atomic E-state index is 5.75. The number of aromatic amines is 1. The van der Waals surface area contributed by atoms with Crippen molar-refractivity contribution in [3.05, 3.63) is 17.3 Å². The molecule has 4 nitrogen and oxygen atoms in total. The van der Waals surface area contributed by atoms with Crippen molar-refractivity contribution in [2.24, 2.45) is 0 Å². The lowest BCUT2D eigenvalue weighted by Crippen LogP contribution is -1.85. The molecule has 0 aromatic carbocycles. The van der Waals surface area contributed by atoms with Crippen molar-refractivity contribution in [3.8, 4) is 11.4 Å². The second-order valence-electron chi connectivity index (χ2n) is 2.66. The molecule has 68 valence electrons. The molecular weight excluding hydrogens is 184 g/mol. The van der Waals surface area contributed by atoms with Gasteiger partial charge in [0.05, 0.1) is 10.6 Å². The summed E-state index contributed by atoms with van der Waals surface area (Å²) in [7, 11) is 0. The van der Waals surface area contributed by atoms with Crippen molar-refractivity contribution >= 4 is 16.3 Å². The molecule has 3 N–H and O–H groups in total. The van der Waals surface area contributed by atoms with Crippen molar-refractivity contribution < 1.29 is 0 Å². The highest BCUT2D eigenvalue weighted by molar-refractivity contribution is 7.14. The van der Waals surface area contributed by atoms with E-state index >= 15 is 0 Å². The van der Waals surface area contributed by atoms with E-state index in [4.69, 9.17) is 5.73 Å².